The second kappa shape index (κ2) is 6.53. The molecule has 0 aromatic heterocycles. The molecule has 0 aliphatic heterocycles. The molecule has 0 radical (unpaired) electrons. The Kier molecular flexibility index (Phi) is 5.02. The summed E-state index contributed by atoms with van der Waals surface area (Å²) < 4.78 is 13.6. The third kappa shape index (κ3) is 3.96. The zero-order valence-corrected chi connectivity index (χ0v) is 11.6. The van der Waals surface area contributed by atoms with E-state index in [1.807, 2.05) is 0 Å². The molecule has 18 heavy (non-hydrogen) atoms. The Hall–Kier alpha value is -0.600. The highest BCUT2D eigenvalue weighted by atomic mass is 35.5. The van der Waals surface area contributed by atoms with Gasteiger partial charge in [-0.3, -0.25) is 0 Å². The van der Waals surface area contributed by atoms with Gasteiger partial charge < -0.3 is 5.32 Å². The third-order valence-corrected chi connectivity index (χ3v) is 4.04. The van der Waals surface area contributed by atoms with Gasteiger partial charge in [0.15, 0.2) is 0 Å². The molecule has 0 saturated heterocycles. The molecule has 2 atom stereocenters. The maximum Gasteiger partial charge on any atom is 0.129 e. The summed E-state index contributed by atoms with van der Waals surface area (Å²) in [6, 6.07) is 4.87. The number of hydrogen-bond donors (Lipinski definition) is 1. The van der Waals surface area contributed by atoms with Crippen LogP contribution in [0.2, 0.25) is 5.02 Å². The van der Waals surface area contributed by atoms with Gasteiger partial charge in [-0.05, 0) is 43.4 Å². The molecule has 100 valence electrons. The van der Waals surface area contributed by atoms with E-state index in [9.17, 15) is 4.39 Å². The van der Waals surface area contributed by atoms with Crippen LogP contribution in [0.4, 0.5) is 4.39 Å². The SMILES string of the molecule is CC1CCCC(CNCc2ccc(Cl)cc2F)C1. The molecule has 3 heteroatoms. The predicted octanol–water partition coefficient (Wildman–Crippen LogP) is 4.40. The van der Waals surface area contributed by atoms with Crippen LogP contribution < -0.4 is 5.32 Å². The third-order valence-electron chi connectivity index (χ3n) is 3.81. The van der Waals surface area contributed by atoms with E-state index < -0.39 is 0 Å². The monoisotopic (exact) mass is 269 g/mol. The topological polar surface area (TPSA) is 12.0 Å². The second-order valence-corrected chi connectivity index (χ2v) is 5.94. The van der Waals surface area contributed by atoms with Gasteiger partial charge in [0, 0.05) is 17.1 Å². The van der Waals surface area contributed by atoms with Gasteiger partial charge in [0.2, 0.25) is 0 Å². The zero-order valence-electron chi connectivity index (χ0n) is 10.9. The van der Waals surface area contributed by atoms with Crippen molar-refractivity contribution >= 4 is 11.6 Å². The van der Waals surface area contributed by atoms with Crippen LogP contribution in [0, 0.1) is 17.7 Å². The minimum Gasteiger partial charge on any atom is -0.312 e. The van der Waals surface area contributed by atoms with Crippen LogP contribution in [0.15, 0.2) is 18.2 Å². The van der Waals surface area contributed by atoms with Crippen molar-refractivity contribution in [3.63, 3.8) is 0 Å². The van der Waals surface area contributed by atoms with Gasteiger partial charge in [-0.25, -0.2) is 4.39 Å². The number of benzene rings is 1. The second-order valence-electron chi connectivity index (χ2n) is 5.50. The summed E-state index contributed by atoms with van der Waals surface area (Å²) in [6.45, 7) is 3.91. The van der Waals surface area contributed by atoms with Crippen LogP contribution in [-0.4, -0.2) is 6.54 Å². The van der Waals surface area contributed by atoms with Crippen molar-refractivity contribution in [3.8, 4) is 0 Å². The molecule has 1 nitrogen and oxygen atoms in total. The van der Waals surface area contributed by atoms with Crippen LogP contribution >= 0.6 is 11.6 Å². The molecule has 1 N–H and O–H groups in total. The fourth-order valence-electron chi connectivity index (χ4n) is 2.82. The summed E-state index contributed by atoms with van der Waals surface area (Å²) in [5.41, 5.74) is 0.697. The first-order valence-electron chi connectivity index (χ1n) is 6.80. The van der Waals surface area contributed by atoms with E-state index in [-0.39, 0.29) is 5.82 Å². The van der Waals surface area contributed by atoms with Crippen molar-refractivity contribution in [2.45, 2.75) is 39.2 Å². The average Bonchev–Trinajstić information content (AvgIpc) is 2.32. The zero-order chi connectivity index (χ0) is 13.0. The maximum absolute atomic E-state index is 13.6. The summed E-state index contributed by atoms with van der Waals surface area (Å²) in [6.07, 6.45) is 5.31. The molecule has 1 aliphatic rings. The summed E-state index contributed by atoms with van der Waals surface area (Å²) in [7, 11) is 0. The van der Waals surface area contributed by atoms with Crippen LogP contribution in [-0.2, 0) is 6.54 Å². The lowest BCUT2D eigenvalue weighted by Gasteiger charge is -2.26. The lowest BCUT2D eigenvalue weighted by atomic mass is 9.82. The minimum absolute atomic E-state index is 0.216. The Morgan fingerprint density at radius 3 is 2.94 bits per heavy atom. The Balaban J connectivity index is 1.77. The van der Waals surface area contributed by atoms with Crippen LogP contribution in [0.3, 0.4) is 0 Å². The Labute approximate surface area is 114 Å². The minimum atomic E-state index is -0.216. The highest BCUT2D eigenvalue weighted by molar-refractivity contribution is 6.30. The number of rotatable bonds is 4. The smallest absolute Gasteiger partial charge is 0.129 e. The van der Waals surface area contributed by atoms with E-state index in [0.717, 1.165) is 18.4 Å². The van der Waals surface area contributed by atoms with Crippen molar-refractivity contribution in [1.82, 2.24) is 5.32 Å². The lowest BCUT2D eigenvalue weighted by Crippen LogP contribution is -2.26. The van der Waals surface area contributed by atoms with Gasteiger partial charge in [-0.2, -0.15) is 0 Å². The van der Waals surface area contributed by atoms with Crippen molar-refractivity contribution in [3.05, 3.63) is 34.6 Å². The number of nitrogens with one attached hydrogen (secondary N) is 1. The van der Waals surface area contributed by atoms with Crippen LogP contribution in [0.1, 0.15) is 38.2 Å². The summed E-state index contributed by atoms with van der Waals surface area (Å²) in [4.78, 5) is 0. The lowest BCUT2D eigenvalue weighted by molar-refractivity contribution is 0.274. The first-order chi connectivity index (χ1) is 8.65. The molecular weight excluding hydrogens is 249 g/mol. The first kappa shape index (κ1) is 13.8. The molecule has 2 rings (SSSR count). The van der Waals surface area contributed by atoms with Gasteiger partial charge in [-0.15, -0.1) is 0 Å². The van der Waals surface area contributed by atoms with Crippen molar-refractivity contribution < 1.29 is 4.39 Å². The molecule has 0 bridgehead atoms. The molecular formula is C15H21ClFN. The molecule has 1 fully saturated rings. The summed E-state index contributed by atoms with van der Waals surface area (Å²) >= 11 is 5.73. The fourth-order valence-corrected chi connectivity index (χ4v) is 2.98. The normalized spacial score (nSPS) is 24.2. The highest BCUT2D eigenvalue weighted by Gasteiger charge is 2.18. The Morgan fingerprint density at radius 1 is 1.39 bits per heavy atom. The molecule has 2 unspecified atom stereocenters. The Morgan fingerprint density at radius 2 is 2.22 bits per heavy atom. The molecule has 0 spiro atoms. The largest absolute Gasteiger partial charge is 0.312 e. The van der Waals surface area contributed by atoms with E-state index in [2.05, 4.69) is 12.2 Å². The highest BCUT2D eigenvalue weighted by Crippen LogP contribution is 2.28. The fraction of sp³-hybridized carbons (Fsp3) is 0.600. The van der Waals surface area contributed by atoms with Gasteiger partial charge in [0.1, 0.15) is 5.82 Å². The number of hydrogen-bond acceptors (Lipinski definition) is 1. The van der Waals surface area contributed by atoms with Crippen LogP contribution in [0.25, 0.3) is 0 Å². The van der Waals surface area contributed by atoms with E-state index in [4.69, 9.17) is 11.6 Å². The quantitative estimate of drug-likeness (QED) is 0.855. The van der Waals surface area contributed by atoms with Gasteiger partial charge in [-0.1, -0.05) is 37.4 Å². The Bertz CT molecular complexity index is 394. The number of halogens is 2. The average molecular weight is 270 g/mol. The predicted molar refractivity (Wildman–Crippen MR) is 74.2 cm³/mol. The van der Waals surface area contributed by atoms with E-state index in [1.54, 1.807) is 12.1 Å². The van der Waals surface area contributed by atoms with E-state index >= 15 is 0 Å². The van der Waals surface area contributed by atoms with Gasteiger partial charge >= 0.3 is 0 Å². The molecule has 1 saturated carbocycles. The standard InChI is InChI=1S/C15H21ClFN/c1-11-3-2-4-12(7-11)9-18-10-13-5-6-14(16)8-15(13)17/h5-6,8,11-12,18H,2-4,7,9-10H2,1H3. The van der Waals surface area contributed by atoms with Gasteiger partial charge in [0.25, 0.3) is 0 Å². The van der Waals surface area contributed by atoms with Crippen molar-refractivity contribution in [2.75, 3.05) is 6.54 Å². The summed E-state index contributed by atoms with van der Waals surface area (Å²) in [5, 5.41) is 3.83. The molecule has 1 aliphatic carbocycles. The molecule has 1 aromatic rings. The van der Waals surface area contributed by atoms with Crippen molar-refractivity contribution in [2.24, 2.45) is 11.8 Å². The molecule has 1 aromatic carbocycles. The summed E-state index contributed by atoms with van der Waals surface area (Å²) in [5.74, 6) is 1.38. The van der Waals surface area contributed by atoms with E-state index in [1.165, 1.54) is 31.7 Å². The molecule has 0 heterocycles. The maximum atomic E-state index is 13.6. The molecule has 0 amide bonds. The van der Waals surface area contributed by atoms with Gasteiger partial charge in [0.05, 0.1) is 0 Å². The first-order valence-corrected chi connectivity index (χ1v) is 7.17. The van der Waals surface area contributed by atoms with Crippen LogP contribution in [0.5, 0.6) is 0 Å². The van der Waals surface area contributed by atoms with E-state index in [0.29, 0.717) is 17.1 Å². The van der Waals surface area contributed by atoms with Crippen molar-refractivity contribution in [1.29, 1.82) is 0 Å².